The molecule has 15 rings (SSSR count). The van der Waals surface area contributed by atoms with Crippen molar-refractivity contribution in [1.29, 1.82) is 0 Å². The zero-order valence-electron chi connectivity index (χ0n) is 38.8. The summed E-state index contributed by atoms with van der Waals surface area (Å²) in [6, 6.07) is 72.5. The number of hydrogen-bond acceptors (Lipinski definition) is 5. The maximum absolute atomic E-state index is 6.43. The van der Waals surface area contributed by atoms with Crippen LogP contribution in [0.5, 0.6) is 0 Å². The average molecular weight is 921 g/mol. The molecule has 0 spiro atoms. The quantitative estimate of drug-likeness (QED) is 0.166. The molecule has 10 aromatic carbocycles. The van der Waals surface area contributed by atoms with Crippen molar-refractivity contribution < 1.29 is 8.83 Å². The summed E-state index contributed by atoms with van der Waals surface area (Å²) in [5.74, 6) is 1.66. The lowest BCUT2D eigenvalue weighted by molar-refractivity contribution is 0.668. The first kappa shape index (κ1) is 40.3. The Balaban J connectivity index is 0.991. The Kier molecular flexibility index (Phi) is 8.92. The molecule has 72 heavy (non-hydrogen) atoms. The lowest BCUT2D eigenvalue weighted by atomic mass is 9.93. The number of nitrogens with zero attached hydrogens (tertiary/aromatic N) is 4. The molecule has 0 atom stereocenters. The van der Waals surface area contributed by atoms with E-state index in [2.05, 4.69) is 187 Å². The van der Waals surface area contributed by atoms with Gasteiger partial charge in [-0.05, 0) is 93.0 Å². The van der Waals surface area contributed by atoms with E-state index in [1.807, 2.05) is 48.5 Å². The Morgan fingerprint density at radius 2 is 0.889 bits per heavy atom. The van der Waals surface area contributed by atoms with Crippen LogP contribution in [0.1, 0.15) is 17.5 Å². The highest BCUT2D eigenvalue weighted by Crippen LogP contribution is 2.46. The summed E-state index contributed by atoms with van der Waals surface area (Å²) in [6.07, 6.45) is 9.90. The molecule has 0 fully saturated rings. The molecule has 0 bridgehead atoms. The molecular formula is C66H40N4O2. The van der Waals surface area contributed by atoms with Gasteiger partial charge in [0.05, 0.1) is 11.0 Å². The third kappa shape index (κ3) is 6.26. The second-order valence-corrected chi connectivity index (χ2v) is 18.6. The summed E-state index contributed by atoms with van der Waals surface area (Å²) in [7, 11) is 0. The minimum absolute atomic E-state index is 0.528. The number of allylic oxidation sites excluding steroid dienone is 2. The lowest BCUT2D eigenvalue weighted by Gasteiger charge is -2.16. The number of para-hydroxylation sites is 3. The van der Waals surface area contributed by atoms with E-state index in [1.165, 1.54) is 16.3 Å². The third-order valence-electron chi connectivity index (χ3n) is 14.4. The van der Waals surface area contributed by atoms with Crippen LogP contribution in [-0.2, 0) is 0 Å². The van der Waals surface area contributed by atoms with Gasteiger partial charge in [0.15, 0.2) is 11.6 Å². The van der Waals surface area contributed by atoms with Gasteiger partial charge in [0, 0.05) is 54.6 Å². The minimum Gasteiger partial charge on any atom is -0.456 e. The molecular weight excluding hydrogens is 881 g/mol. The summed E-state index contributed by atoms with van der Waals surface area (Å²) in [5, 5.41) is 9.00. The molecule has 1 aliphatic rings. The van der Waals surface area contributed by atoms with Crippen molar-refractivity contribution in [2.45, 2.75) is 6.42 Å². The van der Waals surface area contributed by atoms with Crippen LogP contribution in [0.15, 0.2) is 227 Å². The van der Waals surface area contributed by atoms with E-state index in [9.17, 15) is 0 Å². The van der Waals surface area contributed by atoms with Gasteiger partial charge in [0.1, 0.15) is 22.3 Å². The molecule has 0 saturated heterocycles. The molecule has 4 heterocycles. The fourth-order valence-electron chi connectivity index (χ4n) is 11.2. The van der Waals surface area contributed by atoms with Crippen LogP contribution in [0.25, 0.3) is 151 Å². The Labute approximate surface area is 413 Å². The van der Waals surface area contributed by atoms with Crippen molar-refractivity contribution in [1.82, 2.24) is 19.5 Å². The van der Waals surface area contributed by atoms with Gasteiger partial charge in [0.2, 0.25) is 5.95 Å². The Hall–Kier alpha value is -9.65. The molecule has 0 unspecified atom stereocenters. The number of benzene rings is 10. The predicted octanol–water partition coefficient (Wildman–Crippen LogP) is 17.7. The zero-order chi connectivity index (χ0) is 47.3. The van der Waals surface area contributed by atoms with E-state index in [0.717, 1.165) is 122 Å². The first-order valence-corrected chi connectivity index (χ1v) is 24.4. The van der Waals surface area contributed by atoms with Gasteiger partial charge in [-0.2, -0.15) is 9.97 Å². The lowest BCUT2D eigenvalue weighted by Crippen LogP contribution is -2.08. The monoisotopic (exact) mass is 920 g/mol. The fraction of sp³-hybridized carbons (Fsp3) is 0.0152. The third-order valence-corrected chi connectivity index (χ3v) is 14.4. The van der Waals surface area contributed by atoms with Crippen LogP contribution in [-0.4, -0.2) is 19.5 Å². The second kappa shape index (κ2) is 16.0. The van der Waals surface area contributed by atoms with E-state index >= 15 is 0 Å². The Bertz CT molecular complexity index is 4610. The van der Waals surface area contributed by atoms with Crippen LogP contribution < -0.4 is 0 Å². The van der Waals surface area contributed by atoms with E-state index in [-0.39, 0.29) is 0 Å². The number of furan rings is 2. The van der Waals surface area contributed by atoms with Gasteiger partial charge < -0.3 is 8.83 Å². The van der Waals surface area contributed by atoms with Crippen LogP contribution in [0.4, 0.5) is 0 Å². The molecule has 0 saturated carbocycles. The Morgan fingerprint density at radius 3 is 1.69 bits per heavy atom. The van der Waals surface area contributed by atoms with E-state index in [0.29, 0.717) is 17.6 Å². The van der Waals surface area contributed by atoms with Crippen LogP contribution in [0.2, 0.25) is 0 Å². The Morgan fingerprint density at radius 1 is 0.333 bits per heavy atom. The number of aromatic nitrogens is 4. The van der Waals surface area contributed by atoms with Gasteiger partial charge >= 0.3 is 0 Å². The number of rotatable bonds is 6. The van der Waals surface area contributed by atoms with Crippen molar-refractivity contribution in [3.8, 4) is 62.1 Å². The maximum atomic E-state index is 6.43. The second-order valence-electron chi connectivity index (χ2n) is 18.6. The average Bonchev–Trinajstić information content (AvgIpc) is 4.06. The largest absolute Gasteiger partial charge is 0.456 e. The van der Waals surface area contributed by atoms with Gasteiger partial charge in [-0.1, -0.05) is 188 Å². The molecule has 1 aliphatic carbocycles. The van der Waals surface area contributed by atoms with Crippen molar-refractivity contribution >= 4 is 88.6 Å². The summed E-state index contributed by atoms with van der Waals surface area (Å²) in [5.41, 5.74) is 16.1. The topological polar surface area (TPSA) is 69.9 Å². The summed E-state index contributed by atoms with van der Waals surface area (Å²) >= 11 is 0. The molecule has 0 N–H and O–H groups in total. The molecule has 4 aromatic heterocycles. The highest BCUT2D eigenvalue weighted by Gasteiger charge is 2.26. The molecule has 0 radical (unpaired) electrons. The number of fused-ring (bicyclic) bond motifs is 14. The molecule has 6 nitrogen and oxygen atoms in total. The van der Waals surface area contributed by atoms with E-state index < -0.39 is 0 Å². The molecule has 6 heteroatoms. The van der Waals surface area contributed by atoms with Gasteiger partial charge in [0.25, 0.3) is 0 Å². The van der Waals surface area contributed by atoms with Crippen molar-refractivity contribution in [3.05, 3.63) is 230 Å². The minimum atomic E-state index is 0.528. The zero-order valence-corrected chi connectivity index (χ0v) is 38.8. The normalized spacial score (nSPS) is 12.6. The fourth-order valence-corrected chi connectivity index (χ4v) is 11.2. The maximum Gasteiger partial charge on any atom is 0.238 e. The van der Waals surface area contributed by atoms with Gasteiger partial charge in [-0.25, -0.2) is 4.98 Å². The molecule has 336 valence electrons. The van der Waals surface area contributed by atoms with Gasteiger partial charge in [-0.3, -0.25) is 4.57 Å². The first-order valence-electron chi connectivity index (χ1n) is 24.4. The van der Waals surface area contributed by atoms with Crippen molar-refractivity contribution in [3.63, 3.8) is 0 Å². The smallest absolute Gasteiger partial charge is 0.238 e. The first-order chi connectivity index (χ1) is 35.7. The number of hydrogen-bond donors (Lipinski definition) is 0. The van der Waals surface area contributed by atoms with Crippen molar-refractivity contribution in [2.75, 3.05) is 0 Å². The van der Waals surface area contributed by atoms with Crippen LogP contribution in [0.3, 0.4) is 0 Å². The standard InChI is InChI=1S/C66H40N4O2/c1-3-17-40(18-4-1)64-67-65(45-35-36-51-50-25-9-11-32-56(50)72-59(51)39-45)69-66(68-64)70-62-47(30-15-31-55(62)61-52-26-8-7-24-48(52)49-23-5-2-6-27-53(49)63(61)70)44-22-14-20-42(38-44)41-19-13-21-43(37-41)46-29-16-34-58-60(46)54-28-10-12-33-57(54)71-58/h1,3-39H,2H2. The molecule has 0 amide bonds. The van der Waals surface area contributed by atoms with Gasteiger partial charge in [-0.15, -0.1) is 0 Å². The highest BCUT2D eigenvalue weighted by atomic mass is 16.3. The van der Waals surface area contributed by atoms with E-state index in [1.54, 1.807) is 0 Å². The van der Waals surface area contributed by atoms with Crippen molar-refractivity contribution in [2.24, 2.45) is 0 Å². The predicted molar refractivity (Wildman–Crippen MR) is 296 cm³/mol. The summed E-state index contributed by atoms with van der Waals surface area (Å²) in [4.78, 5) is 16.2. The molecule has 14 aromatic rings. The van der Waals surface area contributed by atoms with E-state index in [4.69, 9.17) is 23.8 Å². The van der Waals surface area contributed by atoms with Crippen LogP contribution in [0, 0.1) is 0 Å². The summed E-state index contributed by atoms with van der Waals surface area (Å²) in [6.45, 7) is 0. The summed E-state index contributed by atoms with van der Waals surface area (Å²) < 4.78 is 15.1. The highest BCUT2D eigenvalue weighted by molar-refractivity contribution is 6.27. The van der Waals surface area contributed by atoms with Crippen LogP contribution >= 0.6 is 0 Å². The SMILES string of the molecule is C1=Cc2c(c3c(c4ccccc24)c2cccc(-c4cccc(-c5cccc(-c6cccc7oc8ccccc8c67)c5)c4)c2n3-c2nc(-c3ccccc3)nc(-c3ccc4c(c3)oc3ccccc34)n2)C=CC1. The molecule has 0 aliphatic heterocycles.